The third-order valence-electron chi connectivity index (χ3n) is 6.41. The number of likely N-dealkylation sites (tertiary alicyclic amines) is 1. The zero-order valence-electron chi connectivity index (χ0n) is 19.3. The van der Waals surface area contributed by atoms with Crippen LogP contribution in [0.4, 0.5) is 0 Å². The number of guanidine groups is 1. The fourth-order valence-corrected chi connectivity index (χ4v) is 4.63. The third-order valence-corrected chi connectivity index (χ3v) is 6.41. The number of nitrogens with zero attached hydrogens (tertiary/aromatic N) is 4. The van der Waals surface area contributed by atoms with Gasteiger partial charge in [-0.15, -0.1) is 24.0 Å². The lowest BCUT2D eigenvalue weighted by atomic mass is 9.99. The van der Waals surface area contributed by atoms with Crippen molar-refractivity contribution in [3.63, 3.8) is 0 Å². The predicted molar refractivity (Wildman–Crippen MR) is 136 cm³/mol. The van der Waals surface area contributed by atoms with E-state index in [2.05, 4.69) is 69.3 Å². The molecule has 8 heteroatoms. The van der Waals surface area contributed by atoms with E-state index >= 15 is 0 Å². The van der Waals surface area contributed by atoms with E-state index in [1.807, 2.05) is 7.05 Å². The smallest absolute Gasteiger partial charge is 0.310 e. The summed E-state index contributed by atoms with van der Waals surface area (Å²) >= 11 is 0. The average Bonchev–Trinajstić information content (AvgIpc) is 3.16. The van der Waals surface area contributed by atoms with Crippen LogP contribution in [-0.4, -0.2) is 93.6 Å². The van der Waals surface area contributed by atoms with Crippen molar-refractivity contribution in [2.75, 3.05) is 67.0 Å². The lowest BCUT2D eigenvalue weighted by molar-refractivity contribution is -0.145. The number of ether oxygens (including phenoxy) is 1. The second kappa shape index (κ2) is 12.6. The van der Waals surface area contributed by atoms with Crippen molar-refractivity contribution >= 4 is 35.9 Å². The Morgan fingerprint density at radius 1 is 1.19 bits per heavy atom. The number of hydrogen-bond donors (Lipinski definition) is 1. The number of benzene rings is 1. The largest absolute Gasteiger partial charge is 0.469 e. The molecule has 2 fully saturated rings. The van der Waals surface area contributed by atoms with Crippen LogP contribution in [0, 0.1) is 11.8 Å². The SMILES string of the molecule is CN=C(NCCCN1CCN(C)CC1c1ccccc1)N1CC(C)C(C(=O)OC)C1.I. The van der Waals surface area contributed by atoms with E-state index in [1.165, 1.54) is 12.7 Å². The van der Waals surface area contributed by atoms with Crippen molar-refractivity contribution in [2.45, 2.75) is 19.4 Å². The number of likely N-dealkylation sites (N-methyl/N-ethyl adjacent to an activating group) is 1. The molecule has 2 aliphatic heterocycles. The Bertz CT molecular complexity index is 717. The van der Waals surface area contributed by atoms with Gasteiger partial charge in [-0.1, -0.05) is 37.3 Å². The molecule has 0 aromatic heterocycles. The molecule has 2 heterocycles. The molecule has 0 aliphatic carbocycles. The molecule has 0 amide bonds. The van der Waals surface area contributed by atoms with Crippen LogP contribution >= 0.6 is 24.0 Å². The molecule has 1 N–H and O–H groups in total. The van der Waals surface area contributed by atoms with Gasteiger partial charge in [0.25, 0.3) is 0 Å². The third kappa shape index (κ3) is 6.79. The van der Waals surface area contributed by atoms with Gasteiger partial charge in [0.1, 0.15) is 0 Å². The van der Waals surface area contributed by atoms with Crippen LogP contribution in [0.1, 0.15) is 24.9 Å². The summed E-state index contributed by atoms with van der Waals surface area (Å²) in [6.07, 6.45) is 1.05. The molecule has 174 valence electrons. The van der Waals surface area contributed by atoms with Crippen molar-refractivity contribution in [1.82, 2.24) is 20.0 Å². The molecule has 3 unspecified atom stereocenters. The van der Waals surface area contributed by atoms with E-state index in [4.69, 9.17) is 4.74 Å². The van der Waals surface area contributed by atoms with Gasteiger partial charge in [0.15, 0.2) is 5.96 Å². The maximum atomic E-state index is 12.0. The number of rotatable bonds is 6. The van der Waals surface area contributed by atoms with E-state index in [0.29, 0.717) is 12.6 Å². The highest BCUT2D eigenvalue weighted by molar-refractivity contribution is 14.0. The monoisotopic (exact) mass is 543 g/mol. The number of nitrogens with one attached hydrogen (secondary N) is 1. The number of halogens is 1. The fraction of sp³-hybridized carbons (Fsp3) is 0.652. The maximum absolute atomic E-state index is 12.0. The summed E-state index contributed by atoms with van der Waals surface area (Å²) in [6, 6.07) is 11.3. The molecule has 0 saturated carbocycles. The Balaban J connectivity index is 0.00000341. The minimum Gasteiger partial charge on any atom is -0.469 e. The number of carbonyl (C=O) groups is 1. The average molecular weight is 543 g/mol. The molecule has 0 spiro atoms. The summed E-state index contributed by atoms with van der Waals surface area (Å²) in [7, 11) is 5.48. The Morgan fingerprint density at radius 2 is 1.94 bits per heavy atom. The molecular formula is C23H38IN5O2. The fourth-order valence-electron chi connectivity index (χ4n) is 4.63. The zero-order valence-corrected chi connectivity index (χ0v) is 21.6. The number of carbonyl (C=O) groups excluding carboxylic acids is 1. The quantitative estimate of drug-likeness (QED) is 0.196. The van der Waals surface area contributed by atoms with Gasteiger partial charge in [0, 0.05) is 58.9 Å². The molecule has 3 atom stereocenters. The summed E-state index contributed by atoms with van der Waals surface area (Å²) in [5, 5.41) is 3.50. The molecular weight excluding hydrogens is 505 g/mol. The lowest BCUT2D eigenvalue weighted by Crippen LogP contribution is -2.47. The molecule has 7 nitrogen and oxygen atoms in total. The molecule has 0 radical (unpaired) electrons. The van der Waals surface area contributed by atoms with Crippen LogP contribution in [0.2, 0.25) is 0 Å². The van der Waals surface area contributed by atoms with E-state index < -0.39 is 0 Å². The summed E-state index contributed by atoms with van der Waals surface area (Å²) in [5.74, 6) is 0.951. The highest BCUT2D eigenvalue weighted by Crippen LogP contribution is 2.25. The van der Waals surface area contributed by atoms with Crippen molar-refractivity contribution in [1.29, 1.82) is 0 Å². The Hall–Kier alpha value is -1.39. The Morgan fingerprint density at radius 3 is 2.61 bits per heavy atom. The number of esters is 1. The zero-order chi connectivity index (χ0) is 21.5. The van der Waals surface area contributed by atoms with Crippen molar-refractivity contribution in [2.24, 2.45) is 16.8 Å². The van der Waals surface area contributed by atoms with Gasteiger partial charge in [0.05, 0.1) is 13.0 Å². The van der Waals surface area contributed by atoms with Crippen molar-refractivity contribution < 1.29 is 9.53 Å². The van der Waals surface area contributed by atoms with Gasteiger partial charge in [-0.25, -0.2) is 0 Å². The Labute approximate surface area is 204 Å². The number of aliphatic imine (C=N–C) groups is 1. The first-order chi connectivity index (χ1) is 14.5. The van der Waals surface area contributed by atoms with Crippen molar-refractivity contribution in [3.05, 3.63) is 35.9 Å². The summed E-state index contributed by atoms with van der Waals surface area (Å²) in [6.45, 7) is 8.79. The molecule has 1 aromatic carbocycles. The molecule has 0 bridgehead atoms. The van der Waals surface area contributed by atoms with Gasteiger partial charge >= 0.3 is 5.97 Å². The van der Waals surface area contributed by atoms with Gasteiger partial charge in [0.2, 0.25) is 0 Å². The number of piperazine rings is 1. The second-order valence-corrected chi connectivity index (χ2v) is 8.56. The molecule has 2 aliphatic rings. The van der Waals surface area contributed by atoms with Crippen LogP contribution in [0.5, 0.6) is 0 Å². The van der Waals surface area contributed by atoms with Crippen LogP contribution < -0.4 is 5.32 Å². The Kier molecular flexibility index (Phi) is 10.5. The first-order valence-electron chi connectivity index (χ1n) is 11.0. The van der Waals surface area contributed by atoms with Gasteiger partial charge in [-0.3, -0.25) is 14.7 Å². The van der Waals surface area contributed by atoms with Crippen LogP contribution in [0.15, 0.2) is 35.3 Å². The minimum absolute atomic E-state index is 0. The molecule has 31 heavy (non-hydrogen) atoms. The van der Waals surface area contributed by atoms with Crippen LogP contribution in [0.3, 0.4) is 0 Å². The van der Waals surface area contributed by atoms with Crippen LogP contribution in [0.25, 0.3) is 0 Å². The topological polar surface area (TPSA) is 60.4 Å². The molecule has 2 saturated heterocycles. The minimum atomic E-state index is -0.123. The highest BCUT2D eigenvalue weighted by Gasteiger charge is 2.36. The predicted octanol–water partition coefficient (Wildman–Crippen LogP) is 2.30. The first-order valence-corrected chi connectivity index (χ1v) is 11.0. The number of hydrogen-bond acceptors (Lipinski definition) is 5. The first kappa shape index (κ1) is 25.9. The van der Waals surface area contributed by atoms with Gasteiger partial charge in [-0.05, 0) is 24.9 Å². The van der Waals surface area contributed by atoms with Crippen molar-refractivity contribution in [3.8, 4) is 0 Å². The maximum Gasteiger partial charge on any atom is 0.310 e. The van der Waals surface area contributed by atoms with E-state index in [0.717, 1.165) is 51.6 Å². The number of methoxy groups -OCH3 is 1. The van der Waals surface area contributed by atoms with E-state index in [-0.39, 0.29) is 41.8 Å². The second-order valence-electron chi connectivity index (χ2n) is 8.56. The van der Waals surface area contributed by atoms with Gasteiger partial charge < -0.3 is 19.9 Å². The lowest BCUT2D eigenvalue weighted by Gasteiger charge is -2.40. The highest BCUT2D eigenvalue weighted by atomic mass is 127. The van der Waals surface area contributed by atoms with E-state index in [1.54, 1.807) is 0 Å². The van der Waals surface area contributed by atoms with Crippen LogP contribution in [-0.2, 0) is 9.53 Å². The van der Waals surface area contributed by atoms with Gasteiger partial charge in [-0.2, -0.15) is 0 Å². The van der Waals surface area contributed by atoms with E-state index in [9.17, 15) is 4.79 Å². The summed E-state index contributed by atoms with van der Waals surface area (Å²) in [5.41, 5.74) is 1.40. The molecule has 3 rings (SSSR count). The normalized spacial score (nSPS) is 25.2. The summed E-state index contributed by atoms with van der Waals surface area (Å²) < 4.78 is 4.95. The standard InChI is InChI=1S/C23H37N5O2.HI/c1-18-15-28(16-20(18)22(29)30-4)23(24-2)25-11-8-12-27-14-13-26(3)17-21(27)19-9-6-5-7-10-19;/h5-7,9-10,18,20-21H,8,11-17H2,1-4H3,(H,24,25);1H. The summed E-state index contributed by atoms with van der Waals surface area (Å²) in [4.78, 5) is 23.6. The molecule has 1 aromatic rings.